The van der Waals surface area contributed by atoms with Gasteiger partial charge in [-0.3, -0.25) is 4.79 Å². The molecule has 0 bridgehead atoms. The van der Waals surface area contributed by atoms with Gasteiger partial charge in [-0.2, -0.15) is 0 Å². The van der Waals surface area contributed by atoms with Crippen molar-refractivity contribution in [2.24, 2.45) is 0 Å². The molecule has 1 aromatic rings. The molecule has 5 heteroatoms. The van der Waals surface area contributed by atoms with Gasteiger partial charge in [0.25, 0.3) is 15.9 Å². The van der Waals surface area contributed by atoms with Crippen molar-refractivity contribution in [1.29, 1.82) is 0 Å². The maximum atomic E-state index is 12.2. The van der Waals surface area contributed by atoms with Crippen molar-refractivity contribution in [2.75, 3.05) is 0 Å². The predicted octanol–water partition coefficient (Wildman–Crippen LogP) is 3.08. The monoisotopic (exact) mass is 307 g/mol. The van der Waals surface area contributed by atoms with Gasteiger partial charge in [-0.05, 0) is 44.7 Å². The SMILES string of the molecule is Cc1ccc(S(=O)(=O)NC(=O)/C2=C/CCCCCC2)cc1. The molecule has 114 valence electrons. The standard InChI is InChI=1S/C16H21NO3S/c1-13-9-11-15(12-10-13)21(19,20)17-16(18)14-7-5-3-2-4-6-8-14/h7,9-12H,2-6,8H2,1H3,(H,17,18)/b14-7+. The van der Waals surface area contributed by atoms with Crippen LogP contribution in [0.4, 0.5) is 0 Å². The van der Waals surface area contributed by atoms with E-state index in [1.807, 2.05) is 13.0 Å². The summed E-state index contributed by atoms with van der Waals surface area (Å²) in [5, 5.41) is 0. The topological polar surface area (TPSA) is 63.2 Å². The number of allylic oxidation sites excluding steroid dienone is 1. The Hall–Kier alpha value is -1.62. The normalized spacial score (nSPS) is 19.0. The molecule has 0 fully saturated rings. The Morgan fingerprint density at radius 2 is 1.71 bits per heavy atom. The smallest absolute Gasteiger partial charge is 0.264 e. The summed E-state index contributed by atoms with van der Waals surface area (Å²) in [6, 6.07) is 6.46. The van der Waals surface area contributed by atoms with Crippen molar-refractivity contribution in [3.05, 3.63) is 41.5 Å². The third-order valence-electron chi connectivity index (χ3n) is 3.64. The first-order chi connectivity index (χ1) is 9.99. The molecule has 0 atom stereocenters. The number of carbonyl (C=O) groups excluding carboxylic acids is 1. The molecule has 1 N–H and O–H groups in total. The Morgan fingerprint density at radius 3 is 2.43 bits per heavy atom. The summed E-state index contributed by atoms with van der Waals surface area (Å²) in [6.45, 7) is 1.88. The molecule has 0 aromatic heterocycles. The largest absolute Gasteiger partial charge is 0.269 e. The predicted molar refractivity (Wildman–Crippen MR) is 82.3 cm³/mol. The number of benzene rings is 1. The van der Waals surface area contributed by atoms with E-state index in [1.54, 1.807) is 12.1 Å². The molecule has 0 radical (unpaired) electrons. The van der Waals surface area contributed by atoms with E-state index in [0.717, 1.165) is 31.2 Å². The van der Waals surface area contributed by atoms with Crippen molar-refractivity contribution >= 4 is 15.9 Å². The number of carbonyl (C=O) groups is 1. The van der Waals surface area contributed by atoms with Crippen LogP contribution in [0.25, 0.3) is 0 Å². The summed E-state index contributed by atoms with van der Waals surface area (Å²) in [6.07, 6.45) is 7.62. The fourth-order valence-corrected chi connectivity index (χ4v) is 3.35. The molecule has 1 aromatic carbocycles. The minimum absolute atomic E-state index is 0.118. The number of hydrogen-bond donors (Lipinski definition) is 1. The maximum Gasteiger partial charge on any atom is 0.264 e. The van der Waals surface area contributed by atoms with Crippen LogP contribution in [0.2, 0.25) is 0 Å². The summed E-state index contributed by atoms with van der Waals surface area (Å²) in [4.78, 5) is 12.3. The number of aryl methyl sites for hydroxylation is 1. The fraction of sp³-hybridized carbons (Fsp3) is 0.438. The summed E-state index contributed by atoms with van der Waals surface area (Å²) in [5.74, 6) is -0.488. The van der Waals surface area contributed by atoms with Crippen LogP contribution >= 0.6 is 0 Å². The van der Waals surface area contributed by atoms with E-state index in [2.05, 4.69) is 4.72 Å². The summed E-state index contributed by atoms with van der Waals surface area (Å²) in [7, 11) is -3.79. The van der Waals surface area contributed by atoms with E-state index < -0.39 is 15.9 Å². The van der Waals surface area contributed by atoms with Crippen molar-refractivity contribution in [1.82, 2.24) is 4.72 Å². The molecule has 4 nitrogen and oxygen atoms in total. The Balaban J connectivity index is 2.12. The second-order valence-corrected chi connectivity index (χ2v) is 7.11. The number of rotatable bonds is 3. The van der Waals surface area contributed by atoms with Crippen molar-refractivity contribution in [2.45, 2.75) is 50.3 Å². The lowest BCUT2D eigenvalue weighted by molar-refractivity contribution is -0.116. The second kappa shape index (κ2) is 6.89. The van der Waals surface area contributed by atoms with E-state index in [9.17, 15) is 13.2 Å². The van der Waals surface area contributed by atoms with Crippen molar-refractivity contribution in [3.8, 4) is 0 Å². The molecular formula is C16H21NO3S. The fourth-order valence-electron chi connectivity index (χ4n) is 2.36. The third-order valence-corrected chi connectivity index (χ3v) is 4.99. The zero-order valence-electron chi connectivity index (χ0n) is 12.3. The van der Waals surface area contributed by atoms with Gasteiger partial charge < -0.3 is 0 Å². The zero-order valence-corrected chi connectivity index (χ0v) is 13.1. The van der Waals surface area contributed by atoms with Gasteiger partial charge in [0.1, 0.15) is 0 Å². The van der Waals surface area contributed by atoms with Crippen LogP contribution in [0.15, 0.2) is 40.8 Å². The lowest BCUT2D eigenvalue weighted by atomic mass is 10.00. The van der Waals surface area contributed by atoms with Crippen LogP contribution in [0.1, 0.15) is 44.1 Å². The van der Waals surface area contributed by atoms with Gasteiger partial charge in [-0.25, -0.2) is 13.1 Å². The molecular weight excluding hydrogens is 286 g/mol. The van der Waals surface area contributed by atoms with Gasteiger partial charge in [0, 0.05) is 5.57 Å². The van der Waals surface area contributed by atoms with Crippen LogP contribution in [-0.4, -0.2) is 14.3 Å². The lowest BCUT2D eigenvalue weighted by Crippen LogP contribution is -2.31. The van der Waals surface area contributed by atoms with Crippen molar-refractivity contribution in [3.63, 3.8) is 0 Å². The highest BCUT2D eigenvalue weighted by molar-refractivity contribution is 7.90. The summed E-state index contributed by atoms with van der Waals surface area (Å²) in [5.41, 5.74) is 1.56. The number of hydrogen-bond acceptors (Lipinski definition) is 3. The van der Waals surface area contributed by atoms with E-state index in [4.69, 9.17) is 0 Å². The number of nitrogens with one attached hydrogen (secondary N) is 1. The zero-order chi connectivity index (χ0) is 15.3. The average Bonchev–Trinajstić information content (AvgIpc) is 2.37. The van der Waals surface area contributed by atoms with Crippen LogP contribution in [0, 0.1) is 6.92 Å². The van der Waals surface area contributed by atoms with Gasteiger partial charge in [-0.1, -0.05) is 36.6 Å². The molecule has 1 aliphatic rings. The lowest BCUT2D eigenvalue weighted by Gasteiger charge is -2.12. The number of sulfonamides is 1. The summed E-state index contributed by atoms with van der Waals surface area (Å²) < 4.78 is 26.6. The van der Waals surface area contributed by atoms with E-state index in [0.29, 0.717) is 12.0 Å². The van der Waals surface area contributed by atoms with Gasteiger partial charge >= 0.3 is 0 Å². The van der Waals surface area contributed by atoms with Crippen LogP contribution in [0.3, 0.4) is 0 Å². The molecule has 0 heterocycles. The molecule has 0 saturated carbocycles. The minimum Gasteiger partial charge on any atom is -0.269 e. The third kappa shape index (κ3) is 4.43. The Labute approximate surface area is 126 Å². The van der Waals surface area contributed by atoms with E-state index in [-0.39, 0.29) is 4.90 Å². The maximum absolute atomic E-state index is 12.2. The quantitative estimate of drug-likeness (QED) is 0.933. The molecule has 1 aliphatic carbocycles. The van der Waals surface area contributed by atoms with Gasteiger partial charge in [0.15, 0.2) is 0 Å². The van der Waals surface area contributed by atoms with Gasteiger partial charge in [0.05, 0.1) is 4.90 Å². The molecule has 2 rings (SSSR count). The molecule has 0 aliphatic heterocycles. The van der Waals surface area contributed by atoms with Crippen LogP contribution in [-0.2, 0) is 14.8 Å². The highest BCUT2D eigenvalue weighted by atomic mass is 32.2. The van der Waals surface area contributed by atoms with Gasteiger partial charge in [0.2, 0.25) is 0 Å². The van der Waals surface area contributed by atoms with Crippen LogP contribution in [0.5, 0.6) is 0 Å². The Bertz CT molecular complexity index is 630. The first-order valence-corrected chi connectivity index (χ1v) is 8.80. The van der Waals surface area contributed by atoms with Gasteiger partial charge in [-0.15, -0.1) is 0 Å². The average molecular weight is 307 g/mol. The molecule has 0 unspecified atom stereocenters. The van der Waals surface area contributed by atoms with Crippen molar-refractivity contribution < 1.29 is 13.2 Å². The first kappa shape index (κ1) is 15.8. The molecule has 0 spiro atoms. The Kier molecular flexibility index (Phi) is 5.17. The van der Waals surface area contributed by atoms with E-state index in [1.165, 1.54) is 18.6 Å². The Morgan fingerprint density at radius 1 is 1.05 bits per heavy atom. The second-order valence-electron chi connectivity index (χ2n) is 5.43. The molecule has 1 amide bonds. The highest BCUT2D eigenvalue weighted by Gasteiger charge is 2.20. The molecule has 0 saturated heterocycles. The first-order valence-electron chi connectivity index (χ1n) is 7.32. The number of amides is 1. The van der Waals surface area contributed by atoms with Crippen LogP contribution < -0.4 is 4.72 Å². The summed E-state index contributed by atoms with van der Waals surface area (Å²) >= 11 is 0. The molecule has 21 heavy (non-hydrogen) atoms. The highest BCUT2D eigenvalue weighted by Crippen LogP contribution is 2.18. The minimum atomic E-state index is -3.79. The van der Waals surface area contributed by atoms with E-state index >= 15 is 0 Å².